The Morgan fingerprint density at radius 3 is 2.67 bits per heavy atom. The molecule has 0 aromatic heterocycles. The van der Waals surface area contributed by atoms with Gasteiger partial charge in [0.15, 0.2) is 11.6 Å². The minimum absolute atomic E-state index is 0.0737. The van der Waals surface area contributed by atoms with Gasteiger partial charge in [0.2, 0.25) is 0 Å². The third-order valence-electron chi connectivity index (χ3n) is 3.10. The van der Waals surface area contributed by atoms with Crippen LogP contribution in [0.4, 0.5) is 8.78 Å². The fourth-order valence-electron chi connectivity index (χ4n) is 2.21. The van der Waals surface area contributed by atoms with E-state index in [9.17, 15) is 8.78 Å². The van der Waals surface area contributed by atoms with E-state index < -0.39 is 11.6 Å². The van der Waals surface area contributed by atoms with E-state index in [0.717, 1.165) is 6.07 Å². The van der Waals surface area contributed by atoms with Gasteiger partial charge < -0.3 is 10.1 Å². The Hall–Kier alpha value is -0.680. The second-order valence-corrected chi connectivity index (χ2v) is 5.34. The molecular formula is C13H16BrF2NO. The third-order valence-corrected chi connectivity index (χ3v) is 3.69. The highest BCUT2D eigenvalue weighted by molar-refractivity contribution is 9.10. The number of nitrogens with one attached hydrogen (secondary N) is 1. The number of benzene rings is 1. The van der Waals surface area contributed by atoms with Crippen LogP contribution in [0.3, 0.4) is 0 Å². The van der Waals surface area contributed by atoms with Crippen LogP contribution < -0.4 is 10.1 Å². The van der Waals surface area contributed by atoms with Crippen LogP contribution in [0.1, 0.15) is 25.7 Å². The summed E-state index contributed by atoms with van der Waals surface area (Å²) in [6.07, 6.45) is 4.95. The molecule has 0 bridgehead atoms. The Balaban J connectivity index is 1.79. The average Bonchev–Trinajstić information content (AvgIpc) is 2.79. The number of halogens is 3. The number of rotatable bonds is 5. The van der Waals surface area contributed by atoms with Crippen LogP contribution in [-0.4, -0.2) is 19.2 Å². The molecule has 1 saturated carbocycles. The van der Waals surface area contributed by atoms with E-state index in [4.69, 9.17) is 4.74 Å². The molecule has 0 amide bonds. The molecule has 0 unspecified atom stereocenters. The maximum atomic E-state index is 13.4. The molecule has 1 fully saturated rings. The Kier molecular flexibility index (Phi) is 4.95. The maximum Gasteiger partial charge on any atom is 0.169 e. The minimum atomic E-state index is -0.678. The molecule has 1 aliphatic carbocycles. The lowest BCUT2D eigenvalue weighted by Gasteiger charge is -2.13. The van der Waals surface area contributed by atoms with Gasteiger partial charge in [-0.2, -0.15) is 0 Å². The van der Waals surface area contributed by atoms with Gasteiger partial charge in [0.1, 0.15) is 12.4 Å². The van der Waals surface area contributed by atoms with Crippen molar-refractivity contribution in [2.45, 2.75) is 31.7 Å². The van der Waals surface area contributed by atoms with E-state index in [1.54, 1.807) is 0 Å². The van der Waals surface area contributed by atoms with Gasteiger partial charge in [-0.15, -0.1) is 0 Å². The molecule has 1 aromatic carbocycles. The van der Waals surface area contributed by atoms with E-state index >= 15 is 0 Å². The molecule has 1 N–H and O–H groups in total. The van der Waals surface area contributed by atoms with Crippen molar-refractivity contribution >= 4 is 15.9 Å². The first-order valence-electron chi connectivity index (χ1n) is 6.17. The quantitative estimate of drug-likeness (QED) is 0.837. The molecule has 18 heavy (non-hydrogen) atoms. The van der Waals surface area contributed by atoms with Crippen LogP contribution in [0.15, 0.2) is 16.6 Å². The smallest absolute Gasteiger partial charge is 0.169 e. The summed E-state index contributed by atoms with van der Waals surface area (Å²) in [4.78, 5) is 0. The van der Waals surface area contributed by atoms with Crippen molar-refractivity contribution < 1.29 is 13.5 Å². The normalized spacial score (nSPS) is 16.2. The first-order valence-corrected chi connectivity index (χ1v) is 6.97. The molecule has 1 aliphatic rings. The van der Waals surface area contributed by atoms with Crippen molar-refractivity contribution in [2.75, 3.05) is 13.2 Å². The molecule has 2 nitrogen and oxygen atoms in total. The molecular weight excluding hydrogens is 304 g/mol. The molecule has 0 saturated heterocycles. The van der Waals surface area contributed by atoms with Gasteiger partial charge in [-0.3, -0.25) is 0 Å². The number of hydrogen-bond acceptors (Lipinski definition) is 2. The average molecular weight is 320 g/mol. The lowest BCUT2D eigenvalue weighted by Crippen LogP contribution is -2.30. The zero-order valence-corrected chi connectivity index (χ0v) is 11.6. The predicted octanol–water partition coefficient (Wildman–Crippen LogP) is 3.64. The van der Waals surface area contributed by atoms with Crippen LogP contribution in [0.5, 0.6) is 5.75 Å². The van der Waals surface area contributed by atoms with Gasteiger partial charge in [0.05, 0.1) is 4.47 Å². The largest absolute Gasteiger partial charge is 0.488 e. The molecule has 0 radical (unpaired) electrons. The first kappa shape index (κ1) is 13.7. The van der Waals surface area contributed by atoms with E-state index in [0.29, 0.717) is 23.7 Å². The summed E-state index contributed by atoms with van der Waals surface area (Å²) >= 11 is 3.09. The molecule has 0 spiro atoms. The summed E-state index contributed by atoms with van der Waals surface area (Å²) < 4.78 is 31.9. The lowest BCUT2D eigenvalue weighted by atomic mass is 10.2. The second kappa shape index (κ2) is 6.48. The highest BCUT2D eigenvalue weighted by atomic mass is 79.9. The third kappa shape index (κ3) is 3.65. The Bertz CT molecular complexity index is 385. The highest BCUT2D eigenvalue weighted by Crippen LogP contribution is 2.29. The van der Waals surface area contributed by atoms with E-state index in [2.05, 4.69) is 21.2 Å². The SMILES string of the molecule is Fc1cc(F)c(OCCNC2CCCC2)c(Br)c1. The number of ether oxygens (including phenoxy) is 1. The van der Waals surface area contributed by atoms with E-state index in [1.807, 2.05) is 0 Å². The Morgan fingerprint density at radius 1 is 1.28 bits per heavy atom. The summed E-state index contributed by atoms with van der Waals surface area (Å²) in [6.45, 7) is 1.05. The van der Waals surface area contributed by atoms with Crippen LogP contribution in [0.2, 0.25) is 0 Å². The summed E-state index contributed by atoms with van der Waals surface area (Å²) in [7, 11) is 0. The molecule has 0 heterocycles. The monoisotopic (exact) mass is 319 g/mol. The summed E-state index contributed by atoms with van der Waals surface area (Å²) in [5, 5.41) is 3.37. The number of hydrogen-bond donors (Lipinski definition) is 1. The lowest BCUT2D eigenvalue weighted by molar-refractivity contribution is 0.288. The molecule has 0 aliphatic heterocycles. The molecule has 5 heteroatoms. The van der Waals surface area contributed by atoms with Crippen LogP contribution in [0, 0.1) is 11.6 Å². The van der Waals surface area contributed by atoms with Crippen molar-refractivity contribution in [2.24, 2.45) is 0 Å². The summed E-state index contributed by atoms with van der Waals surface area (Å²) in [6, 6.07) is 2.59. The predicted molar refractivity (Wildman–Crippen MR) is 69.8 cm³/mol. The topological polar surface area (TPSA) is 21.3 Å². The van der Waals surface area contributed by atoms with Crippen molar-refractivity contribution in [3.05, 3.63) is 28.2 Å². The Labute approximate surface area is 114 Å². The molecule has 100 valence electrons. The van der Waals surface area contributed by atoms with Crippen molar-refractivity contribution in [3.8, 4) is 5.75 Å². The van der Waals surface area contributed by atoms with Gasteiger partial charge in [-0.05, 0) is 34.8 Å². The van der Waals surface area contributed by atoms with Crippen LogP contribution in [-0.2, 0) is 0 Å². The minimum Gasteiger partial charge on any atom is -0.488 e. The first-order chi connectivity index (χ1) is 8.66. The summed E-state index contributed by atoms with van der Waals surface area (Å²) in [5.41, 5.74) is 0. The molecule has 1 aromatic rings. The van der Waals surface area contributed by atoms with Crippen LogP contribution >= 0.6 is 15.9 Å². The second-order valence-electron chi connectivity index (χ2n) is 4.48. The fraction of sp³-hybridized carbons (Fsp3) is 0.538. The Morgan fingerprint density at radius 2 is 2.00 bits per heavy atom. The van der Waals surface area contributed by atoms with Crippen molar-refractivity contribution in [3.63, 3.8) is 0 Å². The van der Waals surface area contributed by atoms with Gasteiger partial charge in [-0.1, -0.05) is 12.8 Å². The van der Waals surface area contributed by atoms with Gasteiger partial charge in [-0.25, -0.2) is 8.78 Å². The standard InChI is InChI=1S/C13H16BrF2NO/c14-11-7-9(15)8-12(16)13(11)18-6-5-17-10-3-1-2-4-10/h7-8,10,17H,1-6H2. The maximum absolute atomic E-state index is 13.4. The highest BCUT2D eigenvalue weighted by Gasteiger charge is 2.14. The van der Waals surface area contributed by atoms with Crippen LogP contribution in [0.25, 0.3) is 0 Å². The van der Waals surface area contributed by atoms with Gasteiger partial charge in [0.25, 0.3) is 0 Å². The fourth-order valence-corrected chi connectivity index (χ4v) is 2.74. The zero-order chi connectivity index (χ0) is 13.0. The molecule has 0 atom stereocenters. The van der Waals surface area contributed by atoms with Gasteiger partial charge in [0, 0.05) is 18.7 Å². The van der Waals surface area contributed by atoms with E-state index in [1.165, 1.54) is 31.7 Å². The van der Waals surface area contributed by atoms with Gasteiger partial charge >= 0.3 is 0 Å². The molecule has 2 rings (SSSR count). The zero-order valence-electron chi connectivity index (χ0n) is 10.0. The van der Waals surface area contributed by atoms with Crippen molar-refractivity contribution in [1.82, 2.24) is 5.32 Å². The van der Waals surface area contributed by atoms with E-state index in [-0.39, 0.29) is 5.75 Å². The van der Waals surface area contributed by atoms with Crippen molar-refractivity contribution in [1.29, 1.82) is 0 Å². The summed E-state index contributed by atoms with van der Waals surface area (Å²) in [5.74, 6) is -1.22.